The van der Waals surface area contributed by atoms with Gasteiger partial charge < -0.3 is 0 Å². The fraction of sp³-hybridized carbons (Fsp3) is 0.0400. The van der Waals surface area contributed by atoms with Crippen LogP contribution >= 0.6 is 11.3 Å². The van der Waals surface area contributed by atoms with Gasteiger partial charge in [0.1, 0.15) is 0 Å². The lowest BCUT2D eigenvalue weighted by Gasteiger charge is -2.19. The summed E-state index contributed by atoms with van der Waals surface area (Å²) < 4.78 is 28.1. The normalized spacial score (nSPS) is 11.5. The number of rotatable bonds is 5. The number of carbonyl (C=O) groups excluding carboxylic acids is 1. The Morgan fingerprint density at radius 1 is 0.879 bits per heavy atom. The third kappa shape index (κ3) is 3.94. The summed E-state index contributed by atoms with van der Waals surface area (Å²) in [7, 11) is -2.24. The van der Waals surface area contributed by atoms with Crippen molar-refractivity contribution >= 4 is 59.1 Å². The Morgan fingerprint density at radius 3 is 2.33 bits per heavy atom. The zero-order valence-corrected chi connectivity index (χ0v) is 19.2. The summed E-state index contributed by atoms with van der Waals surface area (Å²) in [5, 5.41) is 5.52. The predicted molar refractivity (Wildman–Crippen MR) is 134 cm³/mol. The fourth-order valence-corrected chi connectivity index (χ4v) is 5.78. The summed E-state index contributed by atoms with van der Waals surface area (Å²) in [5.41, 5.74) is 1.72. The highest BCUT2D eigenvalue weighted by molar-refractivity contribution is 7.92. The van der Waals surface area contributed by atoms with Crippen LogP contribution in [-0.4, -0.2) is 26.4 Å². The predicted octanol–water partition coefficient (Wildman–Crippen LogP) is 5.53. The molecule has 8 heteroatoms. The molecule has 1 N–H and O–H groups in total. The molecule has 0 fully saturated rings. The number of anilines is 2. The Morgan fingerprint density at radius 2 is 1.58 bits per heavy atom. The van der Waals surface area contributed by atoms with E-state index in [0.717, 1.165) is 21.0 Å². The number of benzene rings is 4. The minimum Gasteiger partial charge on any atom is -0.298 e. The summed E-state index contributed by atoms with van der Waals surface area (Å²) >= 11 is 1.41. The van der Waals surface area contributed by atoms with E-state index < -0.39 is 10.0 Å². The number of para-hydroxylation sites is 1. The van der Waals surface area contributed by atoms with E-state index in [1.165, 1.54) is 47.0 Å². The minimum absolute atomic E-state index is 0.108. The highest BCUT2D eigenvalue weighted by Gasteiger charge is 2.21. The van der Waals surface area contributed by atoms with E-state index in [1.54, 1.807) is 24.3 Å². The average Bonchev–Trinajstić information content (AvgIpc) is 3.27. The number of thiazole rings is 1. The number of carbonyl (C=O) groups is 1. The third-order valence-electron chi connectivity index (χ3n) is 5.39. The van der Waals surface area contributed by atoms with Crippen LogP contribution in [0.2, 0.25) is 0 Å². The standard InChI is InChI=1S/C25H19N3O3S2/c1-28(19-8-3-2-4-9-19)33(30,31)20-14-11-18(12-15-20)24(29)27-25-26-22-16-13-17-7-5-6-10-21(17)23(22)32-25/h2-16H,1H3,(H,26,27,29). The molecular weight excluding hydrogens is 454 g/mol. The number of sulfonamides is 1. The molecule has 0 saturated heterocycles. The molecule has 33 heavy (non-hydrogen) atoms. The van der Waals surface area contributed by atoms with E-state index in [2.05, 4.69) is 10.3 Å². The maximum Gasteiger partial charge on any atom is 0.264 e. The molecule has 0 saturated carbocycles. The molecule has 1 heterocycles. The van der Waals surface area contributed by atoms with Crippen LogP contribution in [0.25, 0.3) is 21.0 Å². The van der Waals surface area contributed by atoms with E-state index in [4.69, 9.17) is 0 Å². The molecule has 0 aliphatic carbocycles. The van der Waals surface area contributed by atoms with Gasteiger partial charge in [-0.15, -0.1) is 0 Å². The Bertz CT molecular complexity index is 1580. The van der Waals surface area contributed by atoms with Gasteiger partial charge in [-0.2, -0.15) is 0 Å². The Kier molecular flexibility index (Phi) is 5.32. The van der Waals surface area contributed by atoms with Crippen LogP contribution in [0.4, 0.5) is 10.8 Å². The van der Waals surface area contributed by atoms with Gasteiger partial charge in [0.25, 0.3) is 15.9 Å². The summed E-state index contributed by atoms with van der Waals surface area (Å²) in [6.45, 7) is 0. The van der Waals surface area contributed by atoms with Gasteiger partial charge in [0, 0.05) is 18.0 Å². The van der Waals surface area contributed by atoms with E-state index in [1.807, 2.05) is 42.5 Å². The molecule has 1 amide bonds. The lowest BCUT2D eigenvalue weighted by atomic mass is 10.1. The number of nitrogens with one attached hydrogen (secondary N) is 1. The molecule has 0 aliphatic rings. The molecular formula is C25H19N3O3S2. The fourth-order valence-electron chi connectivity index (χ4n) is 3.59. The van der Waals surface area contributed by atoms with Crippen LogP contribution in [-0.2, 0) is 10.0 Å². The molecule has 4 aromatic carbocycles. The maximum atomic E-state index is 12.9. The highest BCUT2D eigenvalue weighted by Crippen LogP contribution is 2.33. The molecule has 1 aromatic heterocycles. The SMILES string of the molecule is CN(c1ccccc1)S(=O)(=O)c1ccc(C(=O)Nc2nc3ccc4ccccc4c3s2)cc1. The van der Waals surface area contributed by atoms with Gasteiger partial charge in [-0.3, -0.25) is 14.4 Å². The maximum absolute atomic E-state index is 12.9. The number of amides is 1. The summed E-state index contributed by atoms with van der Waals surface area (Å²) in [4.78, 5) is 17.4. The number of nitrogens with zero attached hydrogens (tertiary/aromatic N) is 2. The molecule has 6 nitrogen and oxygen atoms in total. The molecule has 0 radical (unpaired) electrons. The smallest absolute Gasteiger partial charge is 0.264 e. The van der Waals surface area contributed by atoms with Crippen molar-refractivity contribution in [3.63, 3.8) is 0 Å². The van der Waals surface area contributed by atoms with Gasteiger partial charge in [0.2, 0.25) is 0 Å². The Hall–Kier alpha value is -3.75. The molecule has 0 atom stereocenters. The number of hydrogen-bond donors (Lipinski definition) is 1. The molecule has 5 aromatic rings. The van der Waals surface area contributed by atoms with Crippen LogP contribution in [0.15, 0.2) is 95.9 Å². The quantitative estimate of drug-likeness (QED) is 0.364. The van der Waals surface area contributed by atoms with Crippen LogP contribution in [0.1, 0.15) is 10.4 Å². The molecule has 0 spiro atoms. The first kappa shape index (κ1) is 21.1. The minimum atomic E-state index is -3.74. The van der Waals surface area contributed by atoms with Gasteiger partial charge >= 0.3 is 0 Å². The second-order valence-corrected chi connectivity index (χ2v) is 10.4. The molecule has 5 rings (SSSR count). The van der Waals surface area contributed by atoms with Gasteiger partial charge in [-0.05, 0) is 47.9 Å². The first-order chi connectivity index (χ1) is 15.9. The zero-order valence-electron chi connectivity index (χ0n) is 17.6. The van der Waals surface area contributed by atoms with Crippen molar-refractivity contribution in [2.75, 3.05) is 16.7 Å². The van der Waals surface area contributed by atoms with Crippen LogP contribution in [0.5, 0.6) is 0 Å². The molecule has 164 valence electrons. The first-order valence-electron chi connectivity index (χ1n) is 10.2. The Labute approximate surface area is 195 Å². The van der Waals surface area contributed by atoms with Gasteiger partial charge in [-0.25, -0.2) is 13.4 Å². The first-order valence-corrected chi connectivity index (χ1v) is 12.4. The van der Waals surface area contributed by atoms with Crippen LogP contribution in [0, 0.1) is 0 Å². The monoisotopic (exact) mass is 473 g/mol. The van der Waals surface area contributed by atoms with Crippen LogP contribution in [0.3, 0.4) is 0 Å². The van der Waals surface area contributed by atoms with E-state index in [0.29, 0.717) is 16.4 Å². The second-order valence-electron chi connectivity index (χ2n) is 7.44. The van der Waals surface area contributed by atoms with Gasteiger partial charge in [0.05, 0.1) is 20.8 Å². The van der Waals surface area contributed by atoms with E-state index >= 15 is 0 Å². The van der Waals surface area contributed by atoms with Crippen molar-refractivity contribution < 1.29 is 13.2 Å². The van der Waals surface area contributed by atoms with Gasteiger partial charge in [-0.1, -0.05) is 59.9 Å². The average molecular weight is 474 g/mol. The highest BCUT2D eigenvalue weighted by atomic mass is 32.2. The summed E-state index contributed by atoms with van der Waals surface area (Å²) in [6, 6.07) is 26.7. The van der Waals surface area contributed by atoms with E-state index in [-0.39, 0.29) is 10.8 Å². The molecule has 0 unspecified atom stereocenters. The van der Waals surface area contributed by atoms with Crippen molar-refractivity contribution in [3.05, 3.63) is 96.6 Å². The summed E-state index contributed by atoms with van der Waals surface area (Å²) in [6.07, 6.45) is 0. The number of aromatic nitrogens is 1. The van der Waals surface area contributed by atoms with Crippen molar-refractivity contribution in [3.8, 4) is 0 Å². The zero-order chi connectivity index (χ0) is 23.0. The molecule has 0 aliphatic heterocycles. The largest absolute Gasteiger partial charge is 0.298 e. The number of fused-ring (bicyclic) bond motifs is 3. The third-order valence-corrected chi connectivity index (χ3v) is 8.21. The lowest BCUT2D eigenvalue weighted by Crippen LogP contribution is -2.26. The van der Waals surface area contributed by atoms with Crippen molar-refractivity contribution in [2.45, 2.75) is 4.90 Å². The van der Waals surface area contributed by atoms with E-state index in [9.17, 15) is 13.2 Å². The summed E-state index contributed by atoms with van der Waals surface area (Å²) in [5.74, 6) is -0.348. The topological polar surface area (TPSA) is 79.4 Å². The lowest BCUT2D eigenvalue weighted by molar-refractivity contribution is 0.102. The molecule has 0 bridgehead atoms. The Balaban J connectivity index is 1.37. The van der Waals surface area contributed by atoms with Gasteiger partial charge in [0.15, 0.2) is 5.13 Å². The van der Waals surface area contributed by atoms with Crippen molar-refractivity contribution in [1.82, 2.24) is 4.98 Å². The van der Waals surface area contributed by atoms with Crippen molar-refractivity contribution in [1.29, 1.82) is 0 Å². The van der Waals surface area contributed by atoms with Crippen LogP contribution < -0.4 is 9.62 Å². The van der Waals surface area contributed by atoms with Crippen molar-refractivity contribution in [2.24, 2.45) is 0 Å². The second kappa shape index (κ2) is 8.31. The number of hydrogen-bond acceptors (Lipinski definition) is 5.